The molecule has 1 aliphatic heterocycles. The molecule has 0 radical (unpaired) electrons. The van der Waals surface area contributed by atoms with E-state index in [2.05, 4.69) is 39.1 Å². The van der Waals surface area contributed by atoms with E-state index in [1.807, 2.05) is 12.1 Å². The summed E-state index contributed by atoms with van der Waals surface area (Å²) >= 11 is 9.70. The first kappa shape index (κ1) is 14.3. The molecule has 1 fully saturated rings. The van der Waals surface area contributed by atoms with E-state index >= 15 is 0 Å². The molecule has 1 unspecified atom stereocenters. The quantitative estimate of drug-likeness (QED) is 0.885. The molecule has 1 heterocycles. The fraction of sp³-hybridized carbons (Fsp3) is 0.571. The summed E-state index contributed by atoms with van der Waals surface area (Å²) in [5.74, 6) is 0. The predicted molar refractivity (Wildman–Crippen MR) is 81.1 cm³/mol. The molecular weight excluding hydrogens is 312 g/mol. The molecule has 2 rings (SSSR count). The van der Waals surface area contributed by atoms with Crippen molar-refractivity contribution in [1.29, 1.82) is 0 Å². The maximum Gasteiger partial charge on any atom is 0.0410 e. The summed E-state index contributed by atoms with van der Waals surface area (Å²) in [6.45, 7) is 6.61. The Morgan fingerprint density at radius 3 is 3.00 bits per heavy atom. The Morgan fingerprint density at radius 2 is 2.33 bits per heavy atom. The smallest absolute Gasteiger partial charge is 0.0410 e. The number of halogens is 2. The van der Waals surface area contributed by atoms with Gasteiger partial charge in [-0.3, -0.25) is 4.90 Å². The molecule has 100 valence electrons. The van der Waals surface area contributed by atoms with Crippen molar-refractivity contribution in [3.05, 3.63) is 33.3 Å². The van der Waals surface area contributed by atoms with Crippen LogP contribution in [0.2, 0.25) is 5.02 Å². The van der Waals surface area contributed by atoms with Gasteiger partial charge in [0.15, 0.2) is 0 Å². The molecule has 1 N–H and O–H groups in total. The molecule has 1 aromatic rings. The third-order valence-electron chi connectivity index (χ3n) is 3.44. The zero-order valence-electron chi connectivity index (χ0n) is 10.8. The monoisotopic (exact) mass is 330 g/mol. The van der Waals surface area contributed by atoms with Gasteiger partial charge in [0.2, 0.25) is 0 Å². The van der Waals surface area contributed by atoms with E-state index in [1.165, 1.54) is 18.4 Å². The Balaban J connectivity index is 2.09. The third-order valence-corrected chi connectivity index (χ3v) is 4.45. The Bertz CT molecular complexity index is 391. The molecule has 0 amide bonds. The standard InChI is InChI=1S/C14H20BrClN2/c1-2-7-18(13-5-6-17-9-13)10-11-8-12(16)3-4-14(11)15/h3-4,8,13,17H,2,5-7,9-10H2,1H3. The van der Waals surface area contributed by atoms with Gasteiger partial charge >= 0.3 is 0 Å². The minimum atomic E-state index is 0.663. The lowest BCUT2D eigenvalue weighted by Gasteiger charge is -2.28. The average Bonchev–Trinajstić information content (AvgIpc) is 2.87. The van der Waals surface area contributed by atoms with Crippen LogP contribution in [0.5, 0.6) is 0 Å². The molecule has 1 aliphatic rings. The van der Waals surface area contributed by atoms with E-state index < -0.39 is 0 Å². The molecule has 18 heavy (non-hydrogen) atoms. The molecule has 4 heteroatoms. The molecule has 0 spiro atoms. The number of hydrogen-bond acceptors (Lipinski definition) is 2. The van der Waals surface area contributed by atoms with Gasteiger partial charge in [-0.1, -0.05) is 34.5 Å². The van der Waals surface area contributed by atoms with Crippen molar-refractivity contribution in [3.63, 3.8) is 0 Å². The van der Waals surface area contributed by atoms with Crippen LogP contribution >= 0.6 is 27.5 Å². The molecule has 2 nitrogen and oxygen atoms in total. The molecule has 1 saturated heterocycles. The van der Waals surface area contributed by atoms with Crippen molar-refractivity contribution < 1.29 is 0 Å². The van der Waals surface area contributed by atoms with Crippen LogP contribution in [0.15, 0.2) is 22.7 Å². The van der Waals surface area contributed by atoms with Gasteiger partial charge in [0.25, 0.3) is 0 Å². The van der Waals surface area contributed by atoms with Gasteiger partial charge in [0, 0.05) is 28.6 Å². The molecule has 0 saturated carbocycles. The van der Waals surface area contributed by atoms with Crippen LogP contribution in [0.25, 0.3) is 0 Å². The summed E-state index contributed by atoms with van der Waals surface area (Å²) in [6, 6.07) is 6.69. The van der Waals surface area contributed by atoms with Gasteiger partial charge in [-0.05, 0) is 49.7 Å². The van der Waals surface area contributed by atoms with E-state index in [1.54, 1.807) is 0 Å². The highest BCUT2D eigenvalue weighted by molar-refractivity contribution is 9.10. The second-order valence-corrected chi connectivity index (χ2v) is 6.14. The maximum absolute atomic E-state index is 6.09. The van der Waals surface area contributed by atoms with Crippen LogP contribution in [0.3, 0.4) is 0 Å². The maximum atomic E-state index is 6.09. The van der Waals surface area contributed by atoms with Gasteiger partial charge in [-0.2, -0.15) is 0 Å². The third kappa shape index (κ3) is 3.70. The zero-order valence-corrected chi connectivity index (χ0v) is 13.1. The van der Waals surface area contributed by atoms with Crippen LogP contribution in [0.4, 0.5) is 0 Å². The van der Waals surface area contributed by atoms with Crippen LogP contribution in [-0.2, 0) is 6.54 Å². The lowest BCUT2D eigenvalue weighted by molar-refractivity contribution is 0.199. The Kier molecular flexibility index (Phi) is 5.49. The van der Waals surface area contributed by atoms with Gasteiger partial charge in [-0.15, -0.1) is 0 Å². The van der Waals surface area contributed by atoms with Crippen molar-refractivity contribution in [1.82, 2.24) is 10.2 Å². The second-order valence-electron chi connectivity index (χ2n) is 4.85. The molecular formula is C14H20BrClN2. The van der Waals surface area contributed by atoms with Gasteiger partial charge < -0.3 is 5.32 Å². The van der Waals surface area contributed by atoms with Crippen molar-refractivity contribution in [2.24, 2.45) is 0 Å². The van der Waals surface area contributed by atoms with E-state index in [4.69, 9.17) is 11.6 Å². The minimum absolute atomic E-state index is 0.663. The average molecular weight is 332 g/mol. The highest BCUT2D eigenvalue weighted by Gasteiger charge is 2.22. The van der Waals surface area contributed by atoms with Gasteiger partial charge in [-0.25, -0.2) is 0 Å². The summed E-state index contributed by atoms with van der Waals surface area (Å²) < 4.78 is 1.15. The summed E-state index contributed by atoms with van der Waals surface area (Å²) in [6.07, 6.45) is 2.44. The fourth-order valence-electron chi connectivity index (χ4n) is 2.51. The molecule has 0 aromatic heterocycles. The van der Waals surface area contributed by atoms with Crippen LogP contribution in [-0.4, -0.2) is 30.6 Å². The minimum Gasteiger partial charge on any atom is -0.315 e. The lowest BCUT2D eigenvalue weighted by atomic mass is 10.1. The van der Waals surface area contributed by atoms with Crippen molar-refractivity contribution >= 4 is 27.5 Å². The summed E-state index contributed by atoms with van der Waals surface area (Å²) in [5.41, 5.74) is 1.28. The van der Waals surface area contributed by atoms with Gasteiger partial charge in [0.05, 0.1) is 0 Å². The molecule has 0 bridgehead atoms. The highest BCUT2D eigenvalue weighted by atomic mass is 79.9. The molecule has 0 aliphatic carbocycles. The van der Waals surface area contributed by atoms with Crippen LogP contribution in [0, 0.1) is 0 Å². The van der Waals surface area contributed by atoms with E-state index in [0.29, 0.717) is 6.04 Å². The Labute approximate surface area is 123 Å². The fourth-order valence-corrected chi connectivity index (χ4v) is 3.08. The van der Waals surface area contributed by atoms with E-state index in [9.17, 15) is 0 Å². The summed E-state index contributed by atoms with van der Waals surface area (Å²) in [7, 11) is 0. The first-order valence-corrected chi connectivity index (χ1v) is 7.76. The van der Waals surface area contributed by atoms with Crippen molar-refractivity contribution in [3.8, 4) is 0 Å². The number of hydrogen-bond donors (Lipinski definition) is 1. The second kappa shape index (κ2) is 6.90. The Morgan fingerprint density at radius 1 is 1.50 bits per heavy atom. The van der Waals surface area contributed by atoms with Crippen molar-refractivity contribution in [2.75, 3.05) is 19.6 Å². The number of nitrogens with one attached hydrogen (secondary N) is 1. The normalized spacial score (nSPS) is 19.7. The predicted octanol–water partition coefficient (Wildman–Crippen LogP) is 3.68. The number of rotatable bonds is 5. The molecule has 1 aromatic carbocycles. The number of nitrogens with zero attached hydrogens (tertiary/aromatic N) is 1. The lowest BCUT2D eigenvalue weighted by Crippen LogP contribution is -2.37. The van der Waals surface area contributed by atoms with Crippen molar-refractivity contribution in [2.45, 2.75) is 32.4 Å². The van der Waals surface area contributed by atoms with E-state index in [-0.39, 0.29) is 0 Å². The van der Waals surface area contributed by atoms with E-state index in [0.717, 1.165) is 35.7 Å². The SMILES string of the molecule is CCCN(Cc1cc(Cl)ccc1Br)C1CCNC1. The first-order chi connectivity index (χ1) is 8.70. The van der Waals surface area contributed by atoms with Crippen LogP contribution < -0.4 is 5.32 Å². The summed E-state index contributed by atoms with van der Waals surface area (Å²) in [5, 5.41) is 4.26. The van der Waals surface area contributed by atoms with Crippen LogP contribution in [0.1, 0.15) is 25.3 Å². The zero-order chi connectivity index (χ0) is 13.0. The Hall–Kier alpha value is -0.0900. The molecule has 1 atom stereocenters. The highest BCUT2D eigenvalue weighted by Crippen LogP contribution is 2.24. The van der Waals surface area contributed by atoms with Gasteiger partial charge in [0.1, 0.15) is 0 Å². The summed E-state index contributed by atoms with van der Waals surface area (Å²) in [4.78, 5) is 2.57. The largest absolute Gasteiger partial charge is 0.315 e. The number of benzene rings is 1. The topological polar surface area (TPSA) is 15.3 Å². The first-order valence-electron chi connectivity index (χ1n) is 6.59.